The number of anilines is 1. The van der Waals surface area contributed by atoms with E-state index in [1.807, 2.05) is 11.8 Å². The third kappa shape index (κ3) is 4.95. The summed E-state index contributed by atoms with van der Waals surface area (Å²) in [5.41, 5.74) is -0.223. The molecule has 0 bridgehead atoms. The monoisotopic (exact) mass is 630 g/mol. The highest BCUT2D eigenvalue weighted by molar-refractivity contribution is 6.03. The van der Waals surface area contributed by atoms with Crippen molar-refractivity contribution in [3.63, 3.8) is 0 Å². The Morgan fingerprint density at radius 2 is 2.04 bits per heavy atom. The number of nitrogens with zero attached hydrogens (tertiary/aromatic N) is 4. The van der Waals surface area contributed by atoms with Crippen molar-refractivity contribution in [2.45, 2.75) is 63.8 Å². The zero-order valence-corrected chi connectivity index (χ0v) is 25.9. The number of alkyl halides is 1. The maximum absolute atomic E-state index is 14.9. The van der Waals surface area contributed by atoms with Crippen LogP contribution in [0.4, 0.5) is 14.6 Å². The SMILES string of the molecule is C#Cc1c(F)ccc2cc(O)cc(-c3oc(=O)c4c(N5CC[C@H](O)[C@H](CC)C5)nc(OC[C@@]56CCCN5C[C@H](F)C6)nc4c3C)c12. The van der Waals surface area contributed by atoms with Gasteiger partial charge >= 0.3 is 11.6 Å². The number of hydrogen-bond donors (Lipinski definition) is 2. The van der Waals surface area contributed by atoms with Crippen molar-refractivity contribution in [1.82, 2.24) is 14.9 Å². The van der Waals surface area contributed by atoms with Gasteiger partial charge in [-0.1, -0.05) is 18.9 Å². The largest absolute Gasteiger partial charge is 0.508 e. The van der Waals surface area contributed by atoms with E-state index in [9.17, 15) is 23.8 Å². The maximum Gasteiger partial charge on any atom is 0.349 e. The summed E-state index contributed by atoms with van der Waals surface area (Å²) >= 11 is 0. The first-order chi connectivity index (χ1) is 22.1. The van der Waals surface area contributed by atoms with Crippen molar-refractivity contribution in [1.29, 1.82) is 0 Å². The van der Waals surface area contributed by atoms with Crippen LogP contribution in [0, 0.1) is 31.0 Å². The van der Waals surface area contributed by atoms with Gasteiger partial charge in [-0.2, -0.15) is 9.97 Å². The zero-order chi connectivity index (χ0) is 32.3. The van der Waals surface area contributed by atoms with Crippen LogP contribution in [-0.4, -0.2) is 75.7 Å². The van der Waals surface area contributed by atoms with E-state index < -0.39 is 29.3 Å². The number of benzene rings is 2. The topological polar surface area (TPSA) is 112 Å². The molecule has 3 saturated heterocycles. The number of hydrogen-bond acceptors (Lipinski definition) is 9. The van der Waals surface area contributed by atoms with Gasteiger partial charge in [0.15, 0.2) is 5.82 Å². The summed E-state index contributed by atoms with van der Waals surface area (Å²) in [5.74, 6) is 2.04. The molecule has 0 spiro atoms. The Bertz CT molecular complexity index is 1960. The minimum Gasteiger partial charge on any atom is -0.508 e. The second kappa shape index (κ2) is 11.5. The summed E-state index contributed by atoms with van der Waals surface area (Å²) in [6.07, 6.45) is 7.69. The van der Waals surface area contributed by atoms with Gasteiger partial charge in [0.25, 0.3) is 0 Å². The van der Waals surface area contributed by atoms with Gasteiger partial charge in [-0.15, -0.1) is 6.42 Å². The number of aromatic nitrogens is 2. The van der Waals surface area contributed by atoms with Crippen molar-refractivity contribution in [3.8, 4) is 35.4 Å². The third-order valence-electron chi connectivity index (χ3n) is 10.2. The van der Waals surface area contributed by atoms with E-state index in [4.69, 9.17) is 25.5 Å². The van der Waals surface area contributed by atoms with Crippen molar-refractivity contribution in [2.24, 2.45) is 5.92 Å². The number of aliphatic hydroxyl groups is 1. The molecule has 2 N–H and O–H groups in total. The van der Waals surface area contributed by atoms with E-state index in [-0.39, 0.29) is 52.1 Å². The average molecular weight is 631 g/mol. The molecule has 7 rings (SSSR count). The molecule has 4 aromatic rings. The molecule has 0 aliphatic carbocycles. The van der Waals surface area contributed by atoms with Crippen LogP contribution in [0.15, 0.2) is 33.5 Å². The first kappa shape index (κ1) is 30.4. The van der Waals surface area contributed by atoms with Crippen LogP contribution in [0.25, 0.3) is 33.0 Å². The molecule has 0 unspecified atom stereocenters. The fourth-order valence-corrected chi connectivity index (χ4v) is 7.77. The van der Waals surface area contributed by atoms with Gasteiger partial charge in [0.2, 0.25) is 0 Å². The highest BCUT2D eigenvalue weighted by Crippen LogP contribution is 2.42. The van der Waals surface area contributed by atoms with Gasteiger partial charge in [0.1, 0.15) is 35.5 Å². The van der Waals surface area contributed by atoms with E-state index in [2.05, 4.69) is 10.8 Å². The molecule has 2 aromatic carbocycles. The van der Waals surface area contributed by atoms with Crippen LogP contribution in [-0.2, 0) is 0 Å². The van der Waals surface area contributed by atoms with Gasteiger partial charge in [-0.3, -0.25) is 4.90 Å². The van der Waals surface area contributed by atoms with E-state index in [0.29, 0.717) is 54.6 Å². The van der Waals surface area contributed by atoms with Gasteiger partial charge in [-0.05, 0) is 62.7 Å². The molecule has 0 amide bonds. The van der Waals surface area contributed by atoms with Crippen LogP contribution in [0.2, 0.25) is 0 Å². The molecule has 4 atom stereocenters. The predicted molar refractivity (Wildman–Crippen MR) is 170 cm³/mol. The number of fused-ring (bicyclic) bond motifs is 3. The fraction of sp³-hybridized carbons (Fsp3) is 0.457. The summed E-state index contributed by atoms with van der Waals surface area (Å²) in [5, 5.41) is 22.1. The minimum atomic E-state index is -0.924. The van der Waals surface area contributed by atoms with Gasteiger partial charge < -0.3 is 24.3 Å². The first-order valence-electron chi connectivity index (χ1n) is 15.8. The molecule has 3 fully saturated rings. The molecule has 9 nitrogen and oxygen atoms in total. The average Bonchev–Trinajstić information content (AvgIpc) is 3.57. The number of aryl methyl sites for hydroxylation is 1. The second-order valence-corrected chi connectivity index (χ2v) is 12.9. The third-order valence-corrected chi connectivity index (χ3v) is 10.2. The summed E-state index contributed by atoms with van der Waals surface area (Å²) in [6, 6.07) is 5.62. The molecule has 46 heavy (non-hydrogen) atoms. The summed E-state index contributed by atoms with van der Waals surface area (Å²) in [6.45, 7) is 6.04. The minimum absolute atomic E-state index is 0.0253. The number of halogens is 2. The number of rotatable bonds is 6. The lowest BCUT2D eigenvalue weighted by Gasteiger charge is -2.37. The molecule has 5 heterocycles. The second-order valence-electron chi connectivity index (χ2n) is 12.9. The first-order valence-corrected chi connectivity index (χ1v) is 15.8. The Morgan fingerprint density at radius 1 is 1.22 bits per heavy atom. The van der Waals surface area contributed by atoms with E-state index in [1.165, 1.54) is 24.3 Å². The normalized spacial score (nSPS) is 24.9. The van der Waals surface area contributed by atoms with Crippen molar-refractivity contribution in [3.05, 3.63) is 51.6 Å². The molecular weight excluding hydrogens is 594 g/mol. The number of terminal acetylenes is 1. The van der Waals surface area contributed by atoms with Crippen LogP contribution in [0.3, 0.4) is 0 Å². The molecule has 0 saturated carbocycles. The quantitative estimate of drug-likeness (QED) is 0.282. The van der Waals surface area contributed by atoms with E-state index >= 15 is 0 Å². The standard InChI is InChI=1S/C35H36F2N4O5/c1-4-20-16-40(12-9-27(20)43)32-29-30(38-34(39-32)45-18-35-10-6-11-41(35)17-22(36)15-35)19(3)31(46-33(29)44)25-14-23(42)13-21-7-8-26(37)24(5-2)28(21)25/h2,7-8,13-14,20,22,27,42-43H,4,6,9-12,15-18H2,1,3H3/t20-,22-,27+,35+/m1/s1. The predicted octanol–water partition coefficient (Wildman–Crippen LogP) is 5.09. The zero-order valence-electron chi connectivity index (χ0n) is 25.9. The Labute approximate surface area is 264 Å². The van der Waals surface area contributed by atoms with Crippen LogP contribution in [0.5, 0.6) is 11.8 Å². The molecule has 3 aliphatic rings. The van der Waals surface area contributed by atoms with Gasteiger partial charge in [-0.25, -0.2) is 13.6 Å². The Kier molecular flexibility index (Phi) is 7.60. The van der Waals surface area contributed by atoms with Crippen LogP contribution >= 0.6 is 0 Å². The lowest BCUT2D eigenvalue weighted by molar-refractivity contribution is 0.0857. The van der Waals surface area contributed by atoms with Gasteiger partial charge in [0, 0.05) is 48.5 Å². The fourth-order valence-electron chi connectivity index (χ4n) is 7.77. The number of piperidine rings is 1. The number of ether oxygens (including phenoxy) is 1. The highest BCUT2D eigenvalue weighted by atomic mass is 19.1. The lowest BCUT2D eigenvalue weighted by Crippen LogP contribution is -2.44. The maximum atomic E-state index is 14.9. The van der Waals surface area contributed by atoms with Crippen molar-refractivity contribution in [2.75, 3.05) is 37.7 Å². The smallest absolute Gasteiger partial charge is 0.349 e. The number of phenols is 1. The number of aromatic hydroxyl groups is 1. The number of aliphatic hydroxyl groups excluding tert-OH is 1. The molecule has 2 aromatic heterocycles. The molecule has 0 radical (unpaired) electrons. The summed E-state index contributed by atoms with van der Waals surface area (Å²) < 4.78 is 41.6. The highest BCUT2D eigenvalue weighted by Gasteiger charge is 2.49. The van der Waals surface area contributed by atoms with Gasteiger partial charge in [0.05, 0.1) is 22.7 Å². The van der Waals surface area contributed by atoms with Crippen molar-refractivity contribution < 1.29 is 28.1 Å². The van der Waals surface area contributed by atoms with Crippen LogP contribution in [0.1, 0.15) is 50.2 Å². The molecule has 3 aliphatic heterocycles. The van der Waals surface area contributed by atoms with E-state index in [0.717, 1.165) is 25.8 Å². The van der Waals surface area contributed by atoms with E-state index in [1.54, 1.807) is 6.92 Å². The van der Waals surface area contributed by atoms with Crippen LogP contribution < -0.4 is 15.3 Å². The summed E-state index contributed by atoms with van der Waals surface area (Å²) in [7, 11) is 0. The lowest BCUT2D eigenvalue weighted by atomic mass is 9.92. The molecule has 11 heteroatoms. The molecular formula is C35H36F2N4O5. The summed E-state index contributed by atoms with van der Waals surface area (Å²) in [4.78, 5) is 27.5. The number of phenolic OH excluding ortho intramolecular Hbond substituents is 1. The Balaban J connectivity index is 1.41. The molecule has 240 valence electrons. The Morgan fingerprint density at radius 3 is 2.83 bits per heavy atom. The van der Waals surface area contributed by atoms with Crippen molar-refractivity contribution >= 4 is 27.5 Å². The Hall–Kier alpha value is -4.27.